The maximum absolute atomic E-state index is 12.5. The topological polar surface area (TPSA) is 58.1 Å². The average Bonchev–Trinajstić information content (AvgIpc) is 2.65. The second-order valence-electron chi connectivity index (χ2n) is 5.55. The molecule has 0 aliphatic carbocycles. The molecule has 0 aliphatic rings. The molecule has 0 aliphatic heterocycles. The van der Waals surface area contributed by atoms with Gasteiger partial charge in [0.2, 0.25) is 5.95 Å². The van der Waals surface area contributed by atoms with E-state index in [0.717, 1.165) is 15.7 Å². The Bertz CT molecular complexity index is 899. The Kier molecular flexibility index (Phi) is 5.09. The fraction of sp³-hybridized carbons (Fsp3) is 0.105. The van der Waals surface area contributed by atoms with Crippen LogP contribution >= 0.6 is 15.9 Å². The van der Waals surface area contributed by atoms with Crippen molar-refractivity contribution in [3.05, 3.63) is 76.5 Å². The van der Waals surface area contributed by atoms with E-state index in [2.05, 4.69) is 31.2 Å². The van der Waals surface area contributed by atoms with Crippen molar-refractivity contribution in [2.45, 2.75) is 6.92 Å². The van der Waals surface area contributed by atoms with E-state index in [0.29, 0.717) is 17.3 Å². The van der Waals surface area contributed by atoms with E-state index in [1.54, 1.807) is 12.3 Å². The highest BCUT2D eigenvalue weighted by atomic mass is 79.9. The molecule has 0 radical (unpaired) electrons. The minimum Gasteiger partial charge on any atom is -0.321 e. The van der Waals surface area contributed by atoms with Crippen molar-refractivity contribution in [3.63, 3.8) is 0 Å². The van der Waals surface area contributed by atoms with E-state index in [9.17, 15) is 4.79 Å². The van der Waals surface area contributed by atoms with Crippen molar-refractivity contribution in [1.82, 2.24) is 9.97 Å². The number of nitrogens with zero attached hydrogens (tertiary/aromatic N) is 3. The van der Waals surface area contributed by atoms with Gasteiger partial charge in [0.1, 0.15) is 5.69 Å². The third-order valence-electron chi connectivity index (χ3n) is 3.75. The first-order valence-electron chi connectivity index (χ1n) is 7.74. The second-order valence-corrected chi connectivity index (χ2v) is 6.41. The van der Waals surface area contributed by atoms with E-state index in [1.165, 1.54) is 0 Å². The second kappa shape index (κ2) is 7.44. The number of anilines is 3. The fourth-order valence-electron chi connectivity index (χ4n) is 2.27. The number of aromatic nitrogens is 2. The quantitative estimate of drug-likeness (QED) is 0.701. The van der Waals surface area contributed by atoms with Crippen molar-refractivity contribution >= 4 is 39.2 Å². The zero-order valence-electron chi connectivity index (χ0n) is 13.9. The maximum Gasteiger partial charge on any atom is 0.274 e. The number of aryl methyl sites for hydroxylation is 1. The van der Waals surface area contributed by atoms with Gasteiger partial charge in [0, 0.05) is 29.1 Å². The molecule has 0 saturated heterocycles. The maximum atomic E-state index is 12.5. The van der Waals surface area contributed by atoms with Gasteiger partial charge in [-0.2, -0.15) is 0 Å². The van der Waals surface area contributed by atoms with Crippen LogP contribution in [-0.4, -0.2) is 22.9 Å². The van der Waals surface area contributed by atoms with Gasteiger partial charge in [-0.05, 0) is 42.8 Å². The molecule has 2 aromatic carbocycles. The third-order valence-corrected chi connectivity index (χ3v) is 4.60. The predicted molar refractivity (Wildman–Crippen MR) is 103 cm³/mol. The molecule has 0 bridgehead atoms. The first kappa shape index (κ1) is 17.1. The predicted octanol–water partition coefficient (Wildman–Crippen LogP) is 4.57. The molecule has 3 rings (SSSR count). The molecule has 1 aromatic heterocycles. The Labute approximate surface area is 154 Å². The first-order chi connectivity index (χ1) is 12.0. The summed E-state index contributed by atoms with van der Waals surface area (Å²) in [7, 11) is 1.86. The molecular weight excluding hydrogens is 380 g/mol. The number of halogens is 1. The van der Waals surface area contributed by atoms with Crippen LogP contribution in [-0.2, 0) is 0 Å². The number of hydrogen-bond donors (Lipinski definition) is 1. The molecule has 5 nitrogen and oxygen atoms in total. The average molecular weight is 397 g/mol. The summed E-state index contributed by atoms with van der Waals surface area (Å²) in [6.07, 6.45) is 1.59. The Balaban J connectivity index is 1.81. The lowest BCUT2D eigenvalue weighted by molar-refractivity contribution is 0.102. The minimum atomic E-state index is -0.277. The molecule has 0 unspecified atom stereocenters. The van der Waals surface area contributed by atoms with Crippen molar-refractivity contribution in [2.75, 3.05) is 17.3 Å². The Morgan fingerprint density at radius 3 is 2.60 bits per heavy atom. The van der Waals surface area contributed by atoms with Gasteiger partial charge in [0.25, 0.3) is 5.91 Å². The lowest BCUT2D eigenvalue weighted by atomic mass is 10.2. The van der Waals surface area contributed by atoms with Gasteiger partial charge in [0.05, 0.1) is 0 Å². The SMILES string of the molecule is Cc1ccc(NC(=O)c2ccnc(N(C)c3ccccc3)n2)cc1Br. The largest absolute Gasteiger partial charge is 0.321 e. The van der Waals surface area contributed by atoms with Gasteiger partial charge in [-0.3, -0.25) is 4.79 Å². The number of benzene rings is 2. The molecule has 1 heterocycles. The van der Waals surface area contributed by atoms with Crippen LogP contribution in [0.5, 0.6) is 0 Å². The number of carbonyl (C=O) groups excluding carboxylic acids is 1. The van der Waals surface area contributed by atoms with Gasteiger partial charge in [-0.25, -0.2) is 9.97 Å². The van der Waals surface area contributed by atoms with Crippen LogP contribution in [0.3, 0.4) is 0 Å². The van der Waals surface area contributed by atoms with Gasteiger partial charge < -0.3 is 10.2 Å². The van der Waals surface area contributed by atoms with E-state index >= 15 is 0 Å². The van der Waals surface area contributed by atoms with Gasteiger partial charge in [-0.15, -0.1) is 0 Å². The fourth-order valence-corrected chi connectivity index (χ4v) is 2.65. The number of para-hydroxylation sites is 1. The Morgan fingerprint density at radius 1 is 1.12 bits per heavy atom. The highest BCUT2D eigenvalue weighted by Crippen LogP contribution is 2.22. The molecule has 3 aromatic rings. The zero-order chi connectivity index (χ0) is 17.8. The van der Waals surface area contributed by atoms with Crippen LogP contribution in [0.2, 0.25) is 0 Å². The number of amides is 1. The van der Waals surface area contributed by atoms with Crippen molar-refractivity contribution in [1.29, 1.82) is 0 Å². The first-order valence-corrected chi connectivity index (χ1v) is 8.53. The van der Waals surface area contributed by atoms with Gasteiger partial charge >= 0.3 is 0 Å². The standard InChI is InChI=1S/C19H17BrN4O/c1-13-8-9-14(12-16(13)20)22-18(25)17-10-11-21-19(23-17)24(2)15-6-4-3-5-7-15/h3-12H,1-2H3,(H,22,25). The summed E-state index contributed by atoms with van der Waals surface area (Å²) in [5.74, 6) is 0.185. The summed E-state index contributed by atoms with van der Waals surface area (Å²) < 4.78 is 0.942. The van der Waals surface area contributed by atoms with Crippen LogP contribution < -0.4 is 10.2 Å². The summed E-state index contributed by atoms with van der Waals surface area (Å²) in [4.78, 5) is 23.0. The lowest BCUT2D eigenvalue weighted by Gasteiger charge is -2.17. The summed E-state index contributed by atoms with van der Waals surface area (Å²) in [5.41, 5.74) is 3.07. The highest BCUT2D eigenvalue weighted by molar-refractivity contribution is 9.10. The highest BCUT2D eigenvalue weighted by Gasteiger charge is 2.13. The van der Waals surface area contributed by atoms with E-state index in [4.69, 9.17) is 0 Å². The van der Waals surface area contributed by atoms with Crippen molar-refractivity contribution in [2.24, 2.45) is 0 Å². The molecule has 126 valence electrons. The van der Waals surface area contributed by atoms with Gasteiger partial charge in [-0.1, -0.05) is 40.2 Å². The molecule has 0 fully saturated rings. The molecule has 0 saturated carbocycles. The van der Waals surface area contributed by atoms with Crippen LogP contribution in [0.15, 0.2) is 65.3 Å². The molecular formula is C19H17BrN4O. The van der Waals surface area contributed by atoms with Gasteiger partial charge in [0.15, 0.2) is 0 Å². The van der Waals surface area contributed by atoms with Crippen molar-refractivity contribution < 1.29 is 4.79 Å². The zero-order valence-corrected chi connectivity index (χ0v) is 15.5. The number of carbonyl (C=O) groups is 1. The summed E-state index contributed by atoms with van der Waals surface area (Å²) >= 11 is 3.47. The summed E-state index contributed by atoms with van der Waals surface area (Å²) in [6, 6.07) is 17.0. The third kappa shape index (κ3) is 4.03. The lowest BCUT2D eigenvalue weighted by Crippen LogP contribution is -2.18. The van der Waals surface area contributed by atoms with Crippen LogP contribution in [0.4, 0.5) is 17.3 Å². The number of rotatable bonds is 4. The summed E-state index contributed by atoms with van der Waals surface area (Å²) in [5, 5.41) is 2.85. The van der Waals surface area contributed by atoms with E-state index in [-0.39, 0.29) is 5.91 Å². The van der Waals surface area contributed by atoms with E-state index < -0.39 is 0 Å². The van der Waals surface area contributed by atoms with E-state index in [1.807, 2.05) is 67.4 Å². The number of nitrogens with one attached hydrogen (secondary N) is 1. The van der Waals surface area contributed by atoms with Crippen LogP contribution in [0.25, 0.3) is 0 Å². The van der Waals surface area contributed by atoms with Crippen LogP contribution in [0, 0.1) is 6.92 Å². The smallest absolute Gasteiger partial charge is 0.274 e. The molecule has 1 N–H and O–H groups in total. The molecule has 0 spiro atoms. The van der Waals surface area contributed by atoms with Crippen LogP contribution in [0.1, 0.15) is 16.1 Å². The minimum absolute atomic E-state index is 0.277. The monoisotopic (exact) mass is 396 g/mol. The summed E-state index contributed by atoms with van der Waals surface area (Å²) in [6.45, 7) is 1.99. The number of hydrogen-bond acceptors (Lipinski definition) is 4. The Hall–Kier alpha value is -2.73. The normalized spacial score (nSPS) is 10.4. The molecule has 6 heteroatoms. The molecule has 1 amide bonds. The molecule has 25 heavy (non-hydrogen) atoms. The molecule has 0 atom stereocenters. The van der Waals surface area contributed by atoms with Crippen molar-refractivity contribution in [3.8, 4) is 0 Å². The Morgan fingerprint density at radius 2 is 1.88 bits per heavy atom.